The Labute approximate surface area is 108 Å². The molecule has 0 radical (unpaired) electrons. The summed E-state index contributed by atoms with van der Waals surface area (Å²) in [5.74, 6) is 0. The molecule has 0 spiro atoms. The van der Waals surface area contributed by atoms with Crippen LogP contribution in [0.15, 0.2) is 52.7 Å². The van der Waals surface area contributed by atoms with Crippen LogP contribution < -0.4 is 10.1 Å². The van der Waals surface area contributed by atoms with Gasteiger partial charge in [-0.3, -0.25) is 9.36 Å². The third-order valence-electron chi connectivity index (χ3n) is 2.78. The summed E-state index contributed by atoms with van der Waals surface area (Å²) in [7, 11) is 1.80. The first-order chi connectivity index (χ1) is 8.68. The molecule has 2 heterocycles. The Bertz CT molecular complexity index is 776. The maximum absolute atomic E-state index is 12.4. The molecule has 3 rings (SSSR count). The highest BCUT2D eigenvalue weighted by molar-refractivity contribution is 7.58. The standard InChI is InChI=1S/C12H10N4OS/c1-14-7-8-15-10(14)11(17)16(12(18)13-15)9-5-3-2-4-6-9/h2-8H,1H3. The third kappa shape index (κ3) is 1.50. The lowest BCUT2D eigenvalue weighted by molar-refractivity contribution is -0.645. The molecule has 0 amide bonds. The lowest BCUT2D eigenvalue weighted by Gasteiger charge is -2.12. The molecule has 2 aromatic heterocycles. The first-order valence-electron chi connectivity index (χ1n) is 5.41. The SMILES string of the molecule is C[n+]1ccn2nc([S-])n(-c3ccccc3)c(=O)c21. The van der Waals surface area contributed by atoms with Crippen molar-refractivity contribution in [2.75, 3.05) is 0 Å². The van der Waals surface area contributed by atoms with E-state index in [1.807, 2.05) is 30.3 Å². The van der Waals surface area contributed by atoms with Crippen LogP contribution in [0, 0.1) is 0 Å². The topological polar surface area (TPSA) is 43.2 Å². The van der Waals surface area contributed by atoms with Gasteiger partial charge in [0.05, 0.1) is 7.05 Å². The molecule has 0 fully saturated rings. The predicted molar refractivity (Wildman–Crippen MR) is 67.6 cm³/mol. The van der Waals surface area contributed by atoms with E-state index in [1.54, 1.807) is 24.0 Å². The van der Waals surface area contributed by atoms with Gasteiger partial charge in [-0.2, -0.15) is 0 Å². The number of rotatable bonds is 1. The highest BCUT2D eigenvalue weighted by atomic mass is 32.1. The minimum absolute atomic E-state index is 0.172. The molecule has 3 aromatic rings. The summed E-state index contributed by atoms with van der Waals surface area (Å²) in [6.07, 6.45) is 3.48. The molecule has 0 atom stereocenters. The van der Waals surface area contributed by atoms with E-state index in [4.69, 9.17) is 12.6 Å². The molecular weight excluding hydrogens is 248 g/mol. The summed E-state index contributed by atoms with van der Waals surface area (Å²) in [5, 5.41) is 4.45. The van der Waals surface area contributed by atoms with Gasteiger partial charge in [0.25, 0.3) is 0 Å². The lowest BCUT2D eigenvalue weighted by Crippen LogP contribution is -2.36. The van der Waals surface area contributed by atoms with Crippen LogP contribution in [0.25, 0.3) is 11.3 Å². The fourth-order valence-corrected chi connectivity index (χ4v) is 2.20. The summed E-state index contributed by atoms with van der Waals surface area (Å²) in [5.41, 5.74) is 1.03. The van der Waals surface area contributed by atoms with Gasteiger partial charge in [-0.25, -0.2) is 4.57 Å². The van der Waals surface area contributed by atoms with E-state index in [0.717, 1.165) is 5.69 Å². The number of hydrogen-bond acceptors (Lipinski definition) is 3. The minimum Gasteiger partial charge on any atom is -0.738 e. The van der Waals surface area contributed by atoms with Gasteiger partial charge in [-0.15, -0.1) is 0 Å². The van der Waals surface area contributed by atoms with Crippen molar-refractivity contribution in [1.82, 2.24) is 14.2 Å². The maximum atomic E-state index is 12.4. The normalized spacial score (nSPS) is 10.9. The number of aromatic nitrogens is 4. The van der Waals surface area contributed by atoms with Crippen molar-refractivity contribution in [3.63, 3.8) is 0 Å². The van der Waals surface area contributed by atoms with Crippen molar-refractivity contribution < 1.29 is 4.57 Å². The van der Waals surface area contributed by atoms with Crippen molar-refractivity contribution in [3.05, 3.63) is 53.1 Å². The molecule has 0 aliphatic rings. The zero-order valence-corrected chi connectivity index (χ0v) is 10.5. The van der Waals surface area contributed by atoms with E-state index in [2.05, 4.69) is 5.10 Å². The van der Waals surface area contributed by atoms with E-state index >= 15 is 0 Å². The molecule has 0 saturated carbocycles. The van der Waals surface area contributed by atoms with Crippen LogP contribution in [0.5, 0.6) is 0 Å². The molecule has 0 bridgehead atoms. The molecule has 90 valence electrons. The first kappa shape index (κ1) is 10.9. The number of para-hydroxylation sites is 1. The molecule has 0 unspecified atom stereocenters. The van der Waals surface area contributed by atoms with Crippen LogP contribution in [-0.2, 0) is 19.7 Å². The van der Waals surface area contributed by atoms with Gasteiger partial charge in [0.15, 0.2) is 6.20 Å². The van der Waals surface area contributed by atoms with Gasteiger partial charge in [0.1, 0.15) is 6.20 Å². The summed E-state index contributed by atoms with van der Waals surface area (Å²) >= 11 is 5.18. The van der Waals surface area contributed by atoms with Gasteiger partial charge in [0.2, 0.25) is 0 Å². The van der Waals surface area contributed by atoms with Crippen molar-refractivity contribution in [2.24, 2.45) is 7.05 Å². The Kier molecular flexibility index (Phi) is 2.38. The second-order valence-corrected chi connectivity index (χ2v) is 4.30. The maximum Gasteiger partial charge on any atom is 0.374 e. The van der Waals surface area contributed by atoms with Gasteiger partial charge in [-0.05, 0) is 12.1 Å². The number of hydrogen-bond donors (Lipinski definition) is 0. The van der Waals surface area contributed by atoms with Crippen LogP contribution in [0.3, 0.4) is 0 Å². The van der Waals surface area contributed by atoms with E-state index in [0.29, 0.717) is 5.65 Å². The van der Waals surface area contributed by atoms with Crippen LogP contribution in [0.2, 0.25) is 0 Å². The summed E-state index contributed by atoms with van der Waals surface area (Å²) in [6.45, 7) is 0. The Balaban J connectivity index is 2.43. The second-order valence-electron chi connectivity index (χ2n) is 3.94. The third-order valence-corrected chi connectivity index (χ3v) is 3.04. The van der Waals surface area contributed by atoms with Crippen LogP contribution in [-0.4, -0.2) is 14.2 Å². The second kappa shape index (κ2) is 3.92. The van der Waals surface area contributed by atoms with Crippen LogP contribution in [0.4, 0.5) is 0 Å². The first-order valence-corrected chi connectivity index (χ1v) is 5.82. The zero-order valence-electron chi connectivity index (χ0n) is 9.65. The summed E-state index contributed by atoms with van der Waals surface area (Å²) < 4.78 is 4.66. The van der Waals surface area contributed by atoms with Crippen LogP contribution >= 0.6 is 0 Å². The number of nitrogens with zero attached hydrogens (tertiary/aromatic N) is 4. The van der Waals surface area contributed by atoms with Crippen LogP contribution in [0.1, 0.15) is 0 Å². The highest BCUT2D eigenvalue weighted by Crippen LogP contribution is 2.06. The number of aryl methyl sites for hydroxylation is 1. The fraction of sp³-hybridized carbons (Fsp3) is 0.0833. The number of fused-ring (bicyclic) bond motifs is 1. The Morgan fingerprint density at radius 3 is 2.72 bits per heavy atom. The smallest absolute Gasteiger partial charge is 0.374 e. The van der Waals surface area contributed by atoms with Gasteiger partial charge in [0, 0.05) is 10.8 Å². The minimum atomic E-state index is -0.172. The molecule has 0 saturated heterocycles. The summed E-state index contributed by atoms with van der Waals surface area (Å²) in [6, 6.07) is 9.27. The number of imidazole rings is 1. The fourth-order valence-electron chi connectivity index (χ4n) is 1.92. The van der Waals surface area contributed by atoms with E-state index in [-0.39, 0.29) is 10.7 Å². The molecule has 0 aliphatic heterocycles. The highest BCUT2D eigenvalue weighted by Gasteiger charge is 2.16. The van der Waals surface area contributed by atoms with E-state index in [1.165, 1.54) is 9.08 Å². The van der Waals surface area contributed by atoms with Crippen molar-refractivity contribution >= 4 is 18.3 Å². The van der Waals surface area contributed by atoms with Crippen molar-refractivity contribution in [2.45, 2.75) is 5.16 Å². The molecule has 0 aliphatic carbocycles. The predicted octanol–water partition coefficient (Wildman–Crippen LogP) is 0.215. The lowest BCUT2D eigenvalue weighted by atomic mass is 10.3. The zero-order chi connectivity index (χ0) is 12.7. The Hall–Kier alpha value is -2.21. The summed E-state index contributed by atoms with van der Waals surface area (Å²) in [4.78, 5) is 12.4. The quantitative estimate of drug-likeness (QED) is 0.463. The average Bonchev–Trinajstić information content (AvgIpc) is 2.72. The number of benzene rings is 1. The monoisotopic (exact) mass is 258 g/mol. The molecule has 5 nitrogen and oxygen atoms in total. The van der Waals surface area contributed by atoms with Gasteiger partial charge >= 0.3 is 11.2 Å². The Morgan fingerprint density at radius 1 is 1.28 bits per heavy atom. The van der Waals surface area contributed by atoms with Crippen molar-refractivity contribution in [1.29, 1.82) is 0 Å². The van der Waals surface area contributed by atoms with Gasteiger partial charge in [-0.1, -0.05) is 27.8 Å². The van der Waals surface area contributed by atoms with E-state index in [9.17, 15) is 4.79 Å². The molecular formula is C12H10N4OS. The Morgan fingerprint density at radius 2 is 2.00 bits per heavy atom. The molecule has 6 heteroatoms. The van der Waals surface area contributed by atoms with Crippen molar-refractivity contribution in [3.8, 4) is 5.69 Å². The van der Waals surface area contributed by atoms with Gasteiger partial charge < -0.3 is 12.6 Å². The average molecular weight is 258 g/mol. The molecule has 1 aromatic carbocycles. The molecule has 0 N–H and O–H groups in total. The van der Waals surface area contributed by atoms with E-state index < -0.39 is 0 Å². The largest absolute Gasteiger partial charge is 0.738 e. The molecule has 18 heavy (non-hydrogen) atoms.